The van der Waals surface area contributed by atoms with Crippen LogP contribution in [0.4, 0.5) is 14.6 Å². The molecule has 2 aliphatic heterocycles. The van der Waals surface area contributed by atoms with E-state index in [-0.39, 0.29) is 12.5 Å². The Kier molecular flexibility index (Phi) is 3.14. The molecule has 0 unspecified atom stereocenters. The molecule has 5 heteroatoms. The highest BCUT2D eigenvalue weighted by atomic mass is 19.3. The summed E-state index contributed by atoms with van der Waals surface area (Å²) in [5.74, 6) is -2.24. The number of nitrogens with zero attached hydrogens (tertiary/aromatic N) is 2. The second-order valence-electron chi connectivity index (χ2n) is 6.57. The molecule has 2 saturated heterocycles. The van der Waals surface area contributed by atoms with E-state index in [1.54, 1.807) is 0 Å². The lowest BCUT2D eigenvalue weighted by atomic mass is 9.90. The summed E-state index contributed by atoms with van der Waals surface area (Å²) in [7, 11) is 0. The number of anilines is 1. The van der Waals surface area contributed by atoms with Crippen molar-refractivity contribution >= 4 is 5.82 Å². The van der Waals surface area contributed by atoms with Crippen LogP contribution in [0, 0.1) is 5.92 Å². The van der Waals surface area contributed by atoms with Gasteiger partial charge in [-0.3, -0.25) is 0 Å². The molecule has 1 aliphatic carbocycles. The Hall–Kier alpha value is -1.23. The summed E-state index contributed by atoms with van der Waals surface area (Å²) in [4.78, 5) is 6.79. The first kappa shape index (κ1) is 13.4. The van der Waals surface area contributed by atoms with Crippen LogP contribution in [0.25, 0.3) is 0 Å². The van der Waals surface area contributed by atoms with Crippen molar-refractivity contribution in [3.8, 4) is 0 Å². The van der Waals surface area contributed by atoms with Crippen LogP contribution in [0.3, 0.4) is 0 Å². The van der Waals surface area contributed by atoms with Crippen LogP contribution in [-0.2, 0) is 12.8 Å². The van der Waals surface area contributed by atoms with Gasteiger partial charge in [0.1, 0.15) is 5.82 Å². The molecule has 0 amide bonds. The zero-order valence-electron chi connectivity index (χ0n) is 12.1. The molecule has 2 fully saturated rings. The third-order valence-corrected chi connectivity index (χ3v) is 5.21. The van der Waals surface area contributed by atoms with Gasteiger partial charge in [-0.25, -0.2) is 13.8 Å². The number of fused-ring (bicyclic) bond motifs is 2. The first-order valence-corrected chi connectivity index (χ1v) is 7.98. The van der Waals surface area contributed by atoms with Crippen molar-refractivity contribution in [1.82, 2.24) is 10.3 Å². The topological polar surface area (TPSA) is 28.2 Å². The molecule has 21 heavy (non-hydrogen) atoms. The summed E-state index contributed by atoms with van der Waals surface area (Å²) in [5, 5.41) is 3.25. The summed E-state index contributed by atoms with van der Waals surface area (Å²) in [6.07, 6.45) is 4.51. The van der Waals surface area contributed by atoms with Gasteiger partial charge in [0.05, 0.1) is 5.92 Å². The van der Waals surface area contributed by atoms with E-state index in [2.05, 4.69) is 11.4 Å². The van der Waals surface area contributed by atoms with E-state index in [0.29, 0.717) is 19.6 Å². The van der Waals surface area contributed by atoms with E-state index in [0.717, 1.165) is 18.7 Å². The summed E-state index contributed by atoms with van der Waals surface area (Å²) in [6.45, 7) is 1.47. The highest BCUT2D eigenvalue weighted by molar-refractivity contribution is 5.44. The monoisotopic (exact) mass is 293 g/mol. The number of piperidine rings is 1. The average Bonchev–Trinajstić information content (AvgIpc) is 2.92. The molecule has 3 nitrogen and oxygen atoms in total. The van der Waals surface area contributed by atoms with Gasteiger partial charge < -0.3 is 10.2 Å². The summed E-state index contributed by atoms with van der Waals surface area (Å²) < 4.78 is 28.1. The molecule has 3 aliphatic rings. The van der Waals surface area contributed by atoms with Crippen LogP contribution >= 0.6 is 0 Å². The Morgan fingerprint density at radius 2 is 2.05 bits per heavy atom. The molecule has 2 atom stereocenters. The van der Waals surface area contributed by atoms with Crippen molar-refractivity contribution in [1.29, 1.82) is 0 Å². The van der Waals surface area contributed by atoms with Crippen molar-refractivity contribution in [2.24, 2.45) is 5.92 Å². The molecule has 1 aromatic heterocycles. The molecule has 4 rings (SSSR count). The number of rotatable bonds is 1. The molecule has 0 aromatic carbocycles. The van der Waals surface area contributed by atoms with Crippen LogP contribution in [0.5, 0.6) is 0 Å². The first-order valence-electron chi connectivity index (χ1n) is 7.98. The van der Waals surface area contributed by atoms with E-state index in [4.69, 9.17) is 4.98 Å². The highest BCUT2D eigenvalue weighted by Gasteiger charge is 2.51. The zero-order chi connectivity index (χ0) is 14.4. The number of hydrogen-bond donors (Lipinski definition) is 1. The molecule has 3 heterocycles. The highest BCUT2D eigenvalue weighted by Crippen LogP contribution is 2.39. The van der Waals surface area contributed by atoms with Crippen LogP contribution in [0.15, 0.2) is 12.1 Å². The van der Waals surface area contributed by atoms with E-state index < -0.39 is 11.8 Å². The lowest BCUT2D eigenvalue weighted by Gasteiger charge is -2.33. The SMILES string of the molecule is FC1(F)CCN[C@H]2CN(c3ccc4c(n3)CCCC4)C[C@H]21. The fraction of sp³-hybridized carbons (Fsp3) is 0.688. The standard InChI is InChI=1S/C16H21F2N3/c17-16(18)7-8-19-14-10-21(9-12(14)16)15-6-5-11-3-1-2-4-13(11)20-15/h5-6,12,14,19H,1-4,7-10H2/t12-,14+/m1/s1. The molecule has 1 N–H and O–H groups in total. The number of hydrogen-bond acceptors (Lipinski definition) is 3. The van der Waals surface area contributed by atoms with Gasteiger partial charge in [0.15, 0.2) is 0 Å². The summed E-state index contributed by atoms with van der Waals surface area (Å²) in [5.41, 5.74) is 2.51. The van der Waals surface area contributed by atoms with Gasteiger partial charge >= 0.3 is 0 Å². The van der Waals surface area contributed by atoms with E-state index in [9.17, 15) is 8.78 Å². The Labute approximate surface area is 123 Å². The summed E-state index contributed by atoms with van der Waals surface area (Å²) >= 11 is 0. The fourth-order valence-electron chi connectivity index (χ4n) is 3.98. The quantitative estimate of drug-likeness (QED) is 0.862. The third kappa shape index (κ3) is 2.31. The van der Waals surface area contributed by atoms with Crippen LogP contribution in [0.1, 0.15) is 30.5 Å². The molecule has 0 saturated carbocycles. The number of alkyl halides is 2. The Bertz CT molecular complexity index is 546. The molecular weight excluding hydrogens is 272 g/mol. The van der Waals surface area contributed by atoms with Gasteiger partial charge in [-0.1, -0.05) is 6.07 Å². The van der Waals surface area contributed by atoms with Crippen molar-refractivity contribution in [2.45, 2.75) is 44.1 Å². The Morgan fingerprint density at radius 3 is 2.90 bits per heavy atom. The van der Waals surface area contributed by atoms with E-state index in [1.807, 2.05) is 11.0 Å². The lowest BCUT2D eigenvalue weighted by Crippen LogP contribution is -2.51. The molecule has 0 bridgehead atoms. The van der Waals surface area contributed by atoms with Crippen LogP contribution in [0.2, 0.25) is 0 Å². The molecule has 1 aromatic rings. The van der Waals surface area contributed by atoms with Gasteiger partial charge in [-0.05, 0) is 37.3 Å². The van der Waals surface area contributed by atoms with Crippen molar-refractivity contribution in [3.05, 3.63) is 23.4 Å². The summed E-state index contributed by atoms with van der Waals surface area (Å²) in [6, 6.07) is 4.05. The van der Waals surface area contributed by atoms with Gasteiger partial charge in [-0.2, -0.15) is 0 Å². The maximum absolute atomic E-state index is 14.0. The van der Waals surface area contributed by atoms with E-state index in [1.165, 1.54) is 24.1 Å². The number of halogens is 2. The average molecular weight is 293 g/mol. The fourth-order valence-corrected chi connectivity index (χ4v) is 3.98. The number of nitrogens with one attached hydrogen (secondary N) is 1. The van der Waals surface area contributed by atoms with Gasteiger partial charge in [0, 0.05) is 37.8 Å². The maximum atomic E-state index is 14.0. The van der Waals surface area contributed by atoms with Gasteiger partial charge in [0.25, 0.3) is 5.92 Å². The minimum Gasteiger partial charge on any atom is -0.354 e. The predicted octanol–water partition coefficient (Wildman–Crippen LogP) is 2.39. The number of aromatic nitrogens is 1. The minimum atomic E-state index is -2.54. The van der Waals surface area contributed by atoms with E-state index >= 15 is 0 Å². The maximum Gasteiger partial charge on any atom is 0.255 e. The number of pyridine rings is 1. The van der Waals surface area contributed by atoms with Crippen molar-refractivity contribution < 1.29 is 8.78 Å². The van der Waals surface area contributed by atoms with Crippen molar-refractivity contribution in [3.63, 3.8) is 0 Å². The predicted molar refractivity (Wildman–Crippen MR) is 77.9 cm³/mol. The minimum absolute atomic E-state index is 0.0420. The van der Waals surface area contributed by atoms with Crippen LogP contribution < -0.4 is 10.2 Å². The molecule has 0 spiro atoms. The Balaban J connectivity index is 1.58. The third-order valence-electron chi connectivity index (χ3n) is 5.21. The second kappa shape index (κ2) is 4.90. The first-order chi connectivity index (χ1) is 10.1. The molecule has 114 valence electrons. The Morgan fingerprint density at radius 1 is 1.19 bits per heavy atom. The molecule has 0 radical (unpaired) electrons. The molecular formula is C16H21F2N3. The largest absolute Gasteiger partial charge is 0.354 e. The second-order valence-corrected chi connectivity index (χ2v) is 6.57. The van der Waals surface area contributed by atoms with Gasteiger partial charge in [0.2, 0.25) is 0 Å². The zero-order valence-corrected chi connectivity index (χ0v) is 12.1. The number of aryl methyl sites for hydroxylation is 2. The van der Waals surface area contributed by atoms with Crippen molar-refractivity contribution in [2.75, 3.05) is 24.5 Å². The normalized spacial score (nSPS) is 30.9. The smallest absolute Gasteiger partial charge is 0.255 e. The lowest BCUT2D eigenvalue weighted by molar-refractivity contribution is -0.0811. The van der Waals surface area contributed by atoms with Crippen LogP contribution in [-0.4, -0.2) is 36.6 Å². The van der Waals surface area contributed by atoms with Gasteiger partial charge in [-0.15, -0.1) is 0 Å².